The zero-order valence-corrected chi connectivity index (χ0v) is 14.8. The van der Waals surface area contributed by atoms with E-state index in [2.05, 4.69) is 5.32 Å². The minimum absolute atomic E-state index is 0.138. The smallest absolute Gasteiger partial charge is 0.281 e. The quantitative estimate of drug-likeness (QED) is 0.875. The van der Waals surface area contributed by atoms with Gasteiger partial charge in [0.2, 0.25) is 0 Å². The van der Waals surface area contributed by atoms with Crippen molar-refractivity contribution in [1.29, 1.82) is 0 Å². The van der Waals surface area contributed by atoms with Gasteiger partial charge >= 0.3 is 0 Å². The molecule has 1 atom stereocenters. The highest BCUT2D eigenvalue weighted by molar-refractivity contribution is 7.86. The summed E-state index contributed by atoms with van der Waals surface area (Å²) in [6, 6.07) is 5.68. The highest BCUT2D eigenvalue weighted by Gasteiger charge is 2.29. The number of carbonyl (C=O) groups is 1. The first-order chi connectivity index (χ1) is 11.4. The van der Waals surface area contributed by atoms with Crippen molar-refractivity contribution in [2.24, 2.45) is 0 Å². The van der Waals surface area contributed by atoms with Gasteiger partial charge in [0.25, 0.3) is 16.1 Å². The van der Waals surface area contributed by atoms with Crippen LogP contribution in [0, 0.1) is 0 Å². The second-order valence-corrected chi connectivity index (χ2v) is 8.49. The molecule has 0 spiro atoms. The molecule has 1 aromatic rings. The summed E-state index contributed by atoms with van der Waals surface area (Å²) in [5.41, 5.74) is 2.73. The third-order valence-corrected chi connectivity index (χ3v) is 6.35. The number of anilines is 1. The van der Waals surface area contributed by atoms with Crippen LogP contribution in [0.5, 0.6) is 0 Å². The van der Waals surface area contributed by atoms with Gasteiger partial charge in [0.1, 0.15) is 6.10 Å². The summed E-state index contributed by atoms with van der Waals surface area (Å²) in [5, 5.41) is 2.87. The van der Waals surface area contributed by atoms with Gasteiger partial charge in [0.15, 0.2) is 0 Å². The largest absolute Gasteiger partial charge is 0.368 e. The molecule has 0 unspecified atom stereocenters. The standard InChI is InChI=1S/C16H23N3O4S/c1-18(2)24(21,22)19-8-7-12-5-6-14(10-13(12)11-19)17-16(20)15-4-3-9-23-15/h5-6,10,15H,3-4,7-9,11H2,1-2H3,(H,17,20)/t15-/m1/s1. The van der Waals surface area contributed by atoms with E-state index in [-0.39, 0.29) is 12.0 Å². The SMILES string of the molecule is CN(C)S(=O)(=O)N1CCc2ccc(NC(=O)[C@H]3CCCO3)cc2C1. The maximum atomic E-state index is 12.3. The van der Waals surface area contributed by atoms with E-state index < -0.39 is 10.2 Å². The first-order valence-corrected chi connectivity index (χ1v) is 9.49. The lowest BCUT2D eigenvalue weighted by Gasteiger charge is -2.30. The van der Waals surface area contributed by atoms with Crippen LogP contribution < -0.4 is 5.32 Å². The lowest BCUT2D eigenvalue weighted by atomic mass is 10.0. The molecule has 0 aliphatic carbocycles. The number of nitrogens with zero attached hydrogens (tertiary/aromatic N) is 2. The Kier molecular flexibility index (Phi) is 4.91. The molecule has 1 N–H and O–H groups in total. The molecule has 132 valence electrons. The molecular weight excluding hydrogens is 330 g/mol. The van der Waals surface area contributed by atoms with Crippen LogP contribution in [-0.4, -0.2) is 56.3 Å². The highest BCUT2D eigenvalue weighted by atomic mass is 32.2. The number of hydrogen-bond acceptors (Lipinski definition) is 4. The minimum atomic E-state index is -3.43. The summed E-state index contributed by atoms with van der Waals surface area (Å²) in [7, 11) is -0.371. The van der Waals surface area contributed by atoms with Crippen molar-refractivity contribution in [2.45, 2.75) is 31.9 Å². The van der Waals surface area contributed by atoms with Crippen LogP contribution in [-0.2, 0) is 32.7 Å². The molecule has 0 radical (unpaired) electrons. The van der Waals surface area contributed by atoms with Crippen LogP contribution in [0.4, 0.5) is 5.69 Å². The highest BCUT2D eigenvalue weighted by Crippen LogP contribution is 2.25. The summed E-state index contributed by atoms with van der Waals surface area (Å²) in [6.07, 6.45) is 1.93. The van der Waals surface area contributed by atoms with E-state index in [1.54, 1.807) is 0 Å². The predicted octanol–water partition coefficient (Wildman–Crippen LogP) is 0.969. The van der Waals surface area contributed by atoms with Gasteiger partial charge in [-0.05, 0) is 42.5 Å². The van der Waals surface area contributed by atoms with Crippen molar-refractivity contribution in [2.75, 3.05) is 32.6 Å². The molecule has 7 nitrogen and oxygen atoms in total. The molecule has 0 bridgehead atoms. The van der Waals surface area contributed by atoms with Gasteiger partial charge in [-0.15, -0.1) is 0 Å². The van der Waals surface area contributed by atoms with Crippen molar-refractivity contribution >= 4 is 21.8 Å². The van der Waals surface area contributed by atoms with Gasteiger partial charge in [0.05, 0.1) is 0 Å². The fraction of sp³-hybridized carbons (Fsp3) is 0.562. The Bertz CT molecular complexity index is 727. The molecular formula is C16H23N3O4S. The van der Waals surface area contributed by atoms with Crippen molar-refractivity contribution in [3.63, 3.8) is 0 Å². The summed E-state index contributed by atoms with van der Waals surface area (Å²) < 4.78 is 32.7. The number of nitrogens with one attached hydrogen (secondary N) is 1. The fourth-order valence-corrected chi connectivity index (χ4v) is 4.13. The molecule has 24 heavy (non-hydrogen) atoms. The van der Waals surface area contributed by atoms with E-state index in [0.29, 0.717) is 31.8 Å². The molecule has 2 aliphatic heterocycles. The van der Waals surface area contributed by atoms with Gasteiger partial charge in [-0.2, -0.15) is 17.0 Å². The maximum absolute atomic E-state index is 12.3. The van der Waals surface area contributed by atoms with Crippen LogP contribution in [0.15, 0.2) is 18.2 Å². The molecule has 1 amide bonds. The average molecular weight is 353 g/mol. The van der Waals surface area contributed by atoms with E-state index in [1.807, 2.05) is 18.2 Å². The van der Waals surface area contributed by atoms with Gasteiger partial charge < -0.3 is 10.1 Å². The molecule has 0 saturated carbocycles. The Morgan fingerprint density at radius 1 is 1.33 bits per heavy atom. The number of hydrogen-bond donors (Lipinski definition) is 1. The summed E-state index contributed by atoms with van der Waals surface area (Å²) >= 11 is 0. The molecule has 0 aromatic heterocycles. The summed E-state index contributed by atoms with van der Waals surface area (Å²) in [6.45, 7) is 1.41. The monoisotopic (exact) mass is 353 g/mol. The zero-order valence-electron chi connectivity index (χ0n) is 14.0. The predicted molar refractivity (Wildman–Crippen MR) is 90.8 cm³/mol. The number of ether oxygens (including phenoxy) is 1. The first kappa shape index (κ1) is 17.3. The maximum Gasteiger partial charge on any atom is 0.281 e. The molecule has 2 aliphatic rings. The van der Waals surface area contributed by atoms with Crippen LogP contribution >= 0.6 is 0 Å². The molecule has 1 saturated heterocycles. The van der Waals surface area contributed by atoms with Crippen LogP contribution in [0.2, 0.25) is 0 Å². The topological polar surface area (TPSA) is 79.0 Å². The summed E-state index contributed by atoms with van der Waals surface area (Å²) in [4.78, 5) is 12.1. The Morgan fingerprint density at radius 3 is 2.79 bits per heavy atom. The molecule has 1 aromatic carbocycles. The fourth-order valence-electron chi connectivity index (χ4n) is 3.04. The van der Waals surface area contributed by atoms with Gasteiger partial charge in [-0.1, -0.05) is 6.07 Å². The number of carbonyl (C=O) groups excluding carboxylic acids is 1. The van der Waals surface area contributed by atoms with Gasteiger partial charge in [-0.25, -0.2) is 0 Å². The van der Waals surface area contributed by atoms with Gasteiger partial charge in [-0.3, -0.25) is 4.79 Å². The van der Waals surface area contributed by atoms with Crippen molar-refractivity contribution in [3.05, 3.63) is 29.3 Å². The van der Waals surface area contributed by atoms with Gasteiger partial charge in [0, 0.05) is 39.5 Å². The Balaban J connectivity index is 1.75. The summed E-state index contributed by atoms with van der Waals surface area (Å²) in [5.74, 6) is -0.138. The van der Waals surface area contributed by atoms with Crippen molar-refractivity contribution < 1.29 is 17.9 Å². The minimum Gasteiger partial charge on any atom is -0.368 e. The Morgan fingerprint density at radius 2 is 2.12 bits per heavy atom. The normalized spacial score (nSPS) is 21.7. The molecule has 3 rings (SSSR count). The van der Waals surface area contributed by atoms with Crippen LogP contribution in [0.25, 0.3) is 0 Å². The third-order valence-electron chi connectivity index (χ3n) is 4.46. The average Bonchev–Trinajstić information content (AvgIpc) is 3.08. The van der Waals surface area contributed by atoms with Crippen LogP contribution in [0.1, 0.15) is 24.0 Å². The van der Waals surface area contributed by atoms with E-state index in [0.717, 1.165) is 24.0 Å². The lowest BCUT2D eigenvalue weighted by molar-refractivity contribution is -0.124. The van der Waals surface area contributed by atoms with E-state index in [4.69, 9.17) is 4.74 Å². The second kappa shape index (κ2) is 6.79. The van der Waals surface area contributed by atoms with E-state index >= 15 is 0 Å². The number of fused-ring (bicyclic) bond motifs is 1. The second-order valence-electron chi connectivity index (χ2n) is 6.35. The molecule has 8 heteroatoms. The number of benzene rings is 1. The molecule has 1 fully saturated rings. The van der Waals surface area contributed by atoms with Crippen LogP contribution in [0.3, 0.4) is 0 Å². The third kappa shape index (κ3) is 3.46. The first-order valence-electron chi connectivity index (χ1n) is 8.10. The Hall–Kier alpha value is -1.48. The number of amides is 1. The molecule has 2 heterocycles. The Labute approximate surface area is 142 Å². The van der Waals surface area contributed by atoms with Crippen molar-refractivity contribution in [3.8, 4) is 0 Å². The van der Waals surface area contributed by atoms with Crippen molar-refractivity contribution in [1.82, 2.24) is 8.61 Å². The van der Waals surface area contributed by atoms with E-state index in [9.17, 15) is 13.2 Å². The zero-order chi connectivity index (χ0) is 17.3. The lowest BCUT2D eigenvalue weighted by Crippen LogP contribution is -2.42. The number of rotatable bonds is 4. The van der Waals surface area contributed by atoms with E-state index in [1.165, 1.54) is 22.7 Å².